The summed E-state index contributed by atoms with van der Waals surface area (Å²) in [6.45, 7) is 0. The minimum atomic E-state index is -3.27. The summed E-state index contributed by atoms with van der Waals surface area (Å²) in [5, 5.41) is 14.4. The first-order valence-electron chi connectivity index (χ1n) is 53.3. The summed E-state index contributed by atoms with van der Waals surface area (Å²) in [4.78, 5) is 0. The summed E-state index contributed by atoms with van der Waals surface area (Å²) in [6.07, 6.45) is 0. The number of nitrogens with zero attached hydrogens (tertiary/aromatic N) is 2. The Morgan fingerprint density at radius 2 is 0.450 bits per heavy atom. The number of hydrogen-bond acceptors (Lipinski definition) is 0. The van der Waals surface area contributed by atoms with Gasteiger partial charge in [0.1, 0.15) is 0 Å². The van der Waals surface area contributed by atoms with Crippen molar-refractivity contribution in [1.82, 2.24) is 9.13 Å². The van der Waals surface area contributed by atoms with Gasteiger partial charge < -0.3 is 9.13 Å². The van der Waals surface area contributed by atoms with Crippen molar-refractivity contribution in [2.24, 2.45) is 0 Å². The number of para-hydroxylation sites is 4. The van der Waals surface area contributed by atoms with E-state index in [1.54, 1.807) is 0 Å². The number of rotatable bonds is 16. The molecule has 0 saturated carbocycles. The van der Waals surface area contributed by atoms with E-state index in [2.05, 4.69) is 449 Å². The molecule has 22 aromatic carbocycles. The molecule has 4 bridgehead atoms. The van der Waals surface area contributed by atoms with Gasteiger partial charge in [0.05, 0.1) is 35.8 Å². The predicted octanol–water partition coefficient (Wildman–Crippen LogP) is 28.3. The summed E-state index contributed by atoms with van der Waals surface area (Å²) in [5.41, 5.74) is 33.3. The second kappa shape index (κ2) is 34.0. The molecular weight excluding hydrogens is 1720 g/mol. The molecule has 2 nitrogen and oxygen atoms in total. The first-order chi connectivity index (χ1) is 73.6. The van der Waals surface area contributed by atoms with Crippen molar-refractivity contribution in [2.75, 3.05) is 0 Å². The molecule has 0 spiro atoms. The van der Waals surface area contributed by atoms with Gasteiger partial charge in [-0.2, -0.15) is 0 Å². The molecule has 2 heterocycles. The van der Waals surface area contributed by atoms with Crippen LogP contribution in [0.3, 0.4) is 0 Å². The first kappa shape index (κ1) is 72.3. The van der Waals surface area contributed by atoms with E-state index in [0.717, 1.165) is 65.9 Å². The molecule has 656 valence electrons. The predicted molar refractivity (Wildman–Crippen MR) is 591 cm³/mol. The lowest BCUT2D eigenvalue weighted by molar-refractivity contribution is 0.760. The van der Waals surface area contributed by atoms with Crippen molar-refractivity contribution in [3.63, 3.8) is 0 Å². The Morgan fingerprint density at radius 1 is 0.171 bits per heavy atom. The van der Waals surface area contributed by atoms with Gasteiger partial charge in [-0.1, -0.05) is 479 Å². The van der Waals surface area contributed by atoms with Gasteiger partial charge >= 0.3 is 0 Å². The lowest BCUT2D eigenvalue weighted by Gasteiger charge is -2.47. The van der Waals surface area contributed by atoms with Crippen LogP contribution in [0.4, 0.5) is 0 Å². The second-order valence-corrected chi connectivity index (χ2v) is 44.9. The van der Waals surface area contributed by atoms with Crippen LogP contribution in [0.1, 0.15) is 104 Å². The van der Waals surface area contributed by atoms with E-state index >= 15 is 0 Å². The molecule has 4 unspecified atom stereocenters. The fourth-order valence-electron chi connectivity index (χ4n) is 24.8. The summed E-state index contributed by atoms with van der Waals surface area (Å²) < 4.78 is 91.0. The Kier molecular flexibility index (Phi) is 17.6. The van der Waals surface area contributed by atoms with Gasteiger partial charge in [0.2, 0.25) is 0 Å². The molecule has 2 aromatic heterocycles. The zero-order valence-corrected chi connectivity index (χ0v) is 78.4. The van der Waals surface area contributed by atoms with Crippen LogP contribution in [0.5, 0.6) is 0 Å². The number of aromatic nitrogens is 2. The van der Waals surface area contributed by atoms with Gasteiger partial charge in [-0.05, 0) is 242 Å². The molecule has 0 radical (unpaired) electrons. The second-order valence-electron chi connectivity index (χ2n) is 37.4. The molecule has 0 N–H and O–H groups in total. The Morgan fingerprint density at radius 3 is 0.836 bits per heavy atom. The number of hydrogen-bond donors (Lipinski definition) is 0. The lowest BCUT2D eigenvalue weighted by Crippen LogP contribution is -2.75. The maximum absolute atomic E-state index is 9.05. The van der Waals surface area contributed by atoms with E-state index in [1.807, 2.05) is 45.5 Å². The van der Waals surface area contributed by atoms with Crippen LogP contribution in [0.25, 0.3) is 122 Å². The summed E-state index contributed by atoms with van der Waals surface area (Å²) in [7, 11) is -6.55. The van der Waals surface area contributed by atoms with Crippen LogP contribution in [0.15, 0.2) is 546 Å². The highest BCUT2D eigenvalue weighted by Crippen LogP contribution is 2.60. The average molecular weight is 1820 g/mol. The van der Waals surface area contributed by atoms with Gasteiger partial charge in [-0.25, -0.2) is 0 Å². The molecule has 0 amide bonds. The van der Waals surface area contributed by atoms with E-state index in [9.17, 15) is 0 Å². The molecule has 6 aliphatic rings. The SMILES string of the molecule is [2H]c1c([2H])c([2H])c(-n2c3ccccc3c3cc(-c4cccc5c4C4c6ccccc6C5c5cccc([Si](c6ccccc6)(c6cccc(-c7ccccc7)c6)c6cccc(-c7ccccc7)c6)c54)ccc32)c([2H])c1[2H].[2H]c1c([2H])c([2H])c(-n2c3ccccc3c3cc(-c4cccc5c4C4c6ccccc6C5c5cccc([Si](c6ccccc6)(c6ccccc6)c6cc(-c7ccccc7)cc(-c7ccccc7)c6)c54)ccc32)c([2H])c1[2H]. The first-order valence-corrected chi connectivity index (χ1v) is 52.3. The quantitative estimate of drug-likeness (QED) is 0.0674. The lowest BCUT2D eigenvalue weighted by atomic mass is 9.60. The van der Waals surface area contributed by atoms with Crippen molar-refractivity contribution in [2.45, 2.75) is 23.7 Å². The minimum Gasteiger partial charge on any atom is -0.309 e. The fraction of sp³-hybridized carbons (Fsp3) is 0.0294. The summed E-state index contributed by atoms with van der Waals surface area (Å²) in [6, 6.07) is 175. The van der Waals surface area contributed by atoms with Gasteiger partial charge in [0, 0.05) is 56.6 Å². The Labute approximate surface area is 832 Å². The monoisotopic (exact) mass is 1820 g/mol. The molecule has 0 fully saturated rings. The highest BCUT2D eigenvalue weighted by molar-refractivity contribution is 7.21. The maximum Gasteiger partial charge on any atom is 0.179 e. The van der Waals surface area contributed by atoms with Gasteiger partial charge in [-0.15, -0.1) is 0 Å². The topological polar surface area (TPSA) is 9.86 Å². The van der Waals surface area contributed by atoms with E-state index < -0.39 is 28.2 Å². The average Bonchev–Trinajstić information content (AvgIpc) is 1.04. The third-order valence-corrected chi connectivity index (χ3v) is 40.0. The molecule has 6 aliphatic carbocycles. The third kappa shape index (κ3) is 13.0. The maximum atomic E-state index is 9.05. The molecule has 0 saturated heterocycles. The fourth-order valence-corrected chi connectivity index (χ4v) is 35.0. The van der Waals surface area contributed by atoms with Crippen LogP contribution in [0, 0.1) is 0 Å². The van der Waals surface area contributed by atoms with Gasteiger partial charge in [-0.3, -0.25) is 0 Å². The van der Waals surface area contributed by atoms with Crippen LogP contribution >= 0.6 is 0 Å². The molecular formula is C136H94N2Si2. The van der Waals surface area contributed by atoms with Crippen molar-refractivity contribution >= 4 is 101 Å². The summed E-state index contributed by atoms with van der Waals surface area (Å²) >= 11 is 0. The molecule has 4 atom stereocenters. The molecule has 0 aliphatic heterocycles. The zero-order chi connectivity index (χ0) is 101. The molecule has 30 rings (SSSR count). The normalized spacial score (nSPS) is 15.6. The zero-order valence-electron chi connectivity index (χ0n) is 86.4. The minimum absolute atomic E-state index is 0.0142. The third-order valence-electron chi connectivity index (χ3n) is 30.4. The smallest absolute Gasteiger partial charge is 0.179 e. The van der Waals surface area contributed by atoms with Crippen molar-refractivity contribution < 1.29 is 13.7 Å². The van der Waals surface area contributed by atoms with Gasteiger partial charge in [0.15, 0.2) is 16.1 Å². The van der Waals surface area contributed by atoms with E-state index in [1.165, 1.54) is 153 Å². The van der Waals surface area contributed by atoms with Gasteiger partial charge in [0.25, 0.3) is 0 Å². The van der Waals surface area contributed by atoms with Crippen LogP contribution in [-0.2, 0) is 0 Å². The van der Waals surface area contributed by atoms with Crippen LogP contribution < -0.4 is 41.5 Å². The number of benzene rings is 22. The summed E-state index contributed by atoms with van der Waals surface area (Å²) in [5.74, 6) is -0.256. The largest absolute Gasteiger partial charge is 0.309 e. The molecule has 24 aromatic rings. The highest BCUT2D eigenvalue weighted by atomic mass is 28.3. The Bertz CT molecular complexity index is 8980. The van der Waals surface area contributed by atoms with E-state index in [4.69, 9.17) is 13.7 Å². The van der Waals surface area contributed by atoms with E-state index in [0.29, 0.717) is 0 Å². The van der Waals surface area contributed by atoms with Crippen LogP contribution in [-0.4, -0.2) is 25.3 Å². The van der Waals surface area contributed by atoms with Crippen molar-refractivity contribution in [1.29, 1.82) is 0 Å². The standard InChI is InChI=1S/2C68H47NSi/c1-6-22-46(23-7-1)49-42-50(47-24-8-2-9-25-47)44-54(43-49)70(52-28-12-4-13-29-52,53-30-14-5-15-31-53)64-39-21-37-60-65-57-33-16-17-34-58(57)68(67(60)64)66-55(35-20-36-59(65)66)48-40-41-63-61(45-48)56-32-18-19-38-62(56)69(63)51-26-10-3-11-27-51;1-5-21-46(22-6-1)48-25-17-31-53(43-48)70(52-29-11-4-12-30-52,54-32-18-26-49(44-54)47-23-7-2-8-24-47)64-40-20-38-60-65-57-34-13-14-35-58(57)68(67(60)64)66-55(36-19-37-59(65)66)50-41-42-63-61(45-50)56-33-15-16-39-62(56)69(63)51-27-9-3-10-28-51/h2*1-45,65,68H/i3D,10D,11D,26D,27D;3D,9D,10D,27D,28D. The Balaban J connectivity index is 0.000000148. The number of fused-ring (bicyclic) bond motifs is 6. The van der Waals surface area contributed by atoms with Crippen molar-refractivity contribution in [3.8, 4) is 78.1 Å². The molecule has 4 heteroatoms. The van der Waals surface area contributed by atoms with Crippen molar-refractivity contribution in [3.05, 3.63) is 612 Å². The van der Waals surface area contributed by atoms with E-state index in [-0.39, 0.29) is 83.4 Å². The Hall–Kier alpha value is -17.1. The highest BCUT2D eigenvalue weighted by Gasteiger charge is 2.53. The van der Waals surface area contributed by atoms with Crippen LogP contribution in [0.2, 0.25) is 0 Å². The molecule has 140 heavy (non-hydrogen) atoms.